The number of ketones is 1. The molecule has 28 heavy (non-hydrogen) atoms. The summed E-state index contributed by atoms with van der Waals surface area (Å²) in [5, 5.41) is 19.9. The average molecular weight is 387 g/mol. The van der Waals surface area contributed by atoms with E-state index < -0.39 is 5.60 Å². The summed E-state index contributed by atoms with van der Waals surface area (Å²) in [5.41, 5.74) is -0.593. The molecule has 4 aliphatic carbocycles. The third-order valence-electron chi connectivity index (χ3n) is 9.30. The molecule has 4 saturated carbocycles. The molecule has 0 saturated heterocycles. The summed E-state index contributed by atoms with van der Waals surface area (Å²) < 4.78 is 0. The van der Waals surface area contributed by atoms with Crippen LogP contribution in [0.3, 0.4) is 0 Å². The van der Waals surface area contributed by atoms with Gasteiger partial charge in [-0.25, -0.2) is 0 Å². The second-order valence-corrected chi connectivity index (χ2v) is 10.5. The Balaban J connectivity index is 1.47. The highest BCUT2D eigenvalue weighted by molar-refractivity contribution is 5.81. The second kappa shape index (κ2) is 7.77. The molecule has 3 heteroatoms. The Morgan fingerprint density at radius 1 is 1.04 bits per heavy atom. The van der Waals surface area contributed by atoms with E-state index in [4.69, 9.17) is 5.11 Å². The van der Waals surface area contributed by atoms with Crippen molar-refractivity contribution in [2.75, 3.05) is 6.61 Å². The van der Waals surface area contributed by atoms with Crippen molar-refractivity contribution in [3.8, 4) is 11.8 Å². The lowest BCUT2D eigenvalue weighted by Gasteiger charge is -2.56. The van der Waals surface area contributed by atoms with Gasteiger partial charge in [0.15, 0.2) is 0 Å². The SMILES string of the molecule is CCC(=O)[C@H]1CC[C@H]2[C@@H]3CC[C@@H]4C[C@@](O)(C#CCCO)CC[C@@H]4[C@H]3CC[C@]12C. The highest BCUT2D eigenvalue weighted by Gasteiger charge is 2.58. The normalized spacial score (nSPS) is 47.3. The van der Waals surface area contributed by atoms with Gasteiger partial charge in [0.05, 0.1) is 6.61 Å². The van der Waals surface area contributed by atoms with E-state index in [1.807, 2.05) is 6.92 Å². The van der Waals surface area contributed by atoms with Gasteiger partial charge in [-0.2, -0.15) is 0 Å². The minimum absolute atomic E-state index is 0.0700. The van der Waals surface area contributed by atoms with Gasteiger partial charge in [-0.1, -0.05) is 25.7 Å². The monoisotopic (exact) mass is 386 g/mol. The fourth-order valence-corrected chi connectivity index (χ4v) is 8.05. The molecule has 0 bridgehead atoms. The lowest BCUT2D eigenvalue weighted by molar-refractivity contribution is -0.131. The van der Waals surface area contributed by atoms with E-state index in [1.54, 1.807) is 0 Å². The molecule has 0 spiro atoms. The summed E-state index contributed by atoms with van der Waals surface area (Å²) >= 11 is 0. The molecule has 4 rings (SSSR count). The van der Waals surface area contributed by atoms with E-state index in [0.29, 0.717) is 30.5 Å². The van der Waals surface area contributed by atoms with E-state index in [0.717, 1.165) is 49.4 Å². The highest BCUT2D eigenvalue weighted by Crippen LogP contribution is 2.64. The van der Waals surface area contributed by atoms with Gasteiger partial charge < -0.3 is 10.2 Å². The quantitative estimate of drug-likeness (QED) is 0.709. The number of carbonyl (C=O) groups excluding carboxylic acids is 1. The van der Waals surface area contributed by atoms with Crippen LogP contribution in [0.15, 0.2) is 0 Å². The van der Waals surface area contributed by atoms with Gasteiger partial charge in [0, 0.05) is 18.8 Å². The van der Waals surface area contributed by atoms with Gasteiger partial charge in [-0.3, -0.25) is 4.79 Å². The summed E-state index contributed by atoms with van der Waals surface area (Å²) in [7, 11) is 0. The molecule has 2 N–H and O–H groups in total. The molecule has 0 aliphatic heterocycles. The third-order valence-corrected chi connectivity index (χ3v) is 9.30. The summed E-state index contributed by atoms with van der Waals surface area (Å²) in [6.07, 6.45) is 11.2. The van der Waals surface area contributed by atoms with Crippen LogP contribution in [0, 0.1) is 52.8 Å². The second-order valence-electron chi connectivity index (χ2n) is 10.5. The van der Waals surface area contributed by atoms with Crippen LogP contribution in [-0.4, -0.2) is 28.2 Å². The molecular formula is C25H38O3. The van der Waals surface area contributed by atoms with Crippen LogP contribution < -0.4 is 0 Å². The summed E-state index contributed by atoms with van der Waals surface area (Å²) in [6.45, 7) is 4.53. The number of carbonyl (C=O) groups is 1. The molecule has 4 aliphatic rings. The Bertz CT molecular complexity index is 660. The van der Waals surface area contributed by atoms with E-state index in [1.165, 1.54) is 32.1 Å². The summed E-state index contributed by atoms with van der Waals surface area (Å²) in [5.74, 6) is 10.5. The van der Waals surface area contributed by atoms with Crippen LogP contribution >= 0.6 is 0 Å². The molecule has 0 aromatic heterocycles. The van der Waals surface area contributed by atoms with Crippen LogP contribution in [0.25, 0.3) is 0 Å². The smallest absolute Gasteiger partial charge is 0.136 e. The number of rotatable bonds is 3. The molecule has 0 amide bonds. The predicted octanol–water partition coefficient (Wildman–Crippen LogP) is 4.35. The number of aliphatic hydroxyl groups is 2. The topological polar surface area (TPSA) is 57.5 Å². The first-order chi connectivity index (χ1) is 13.4. The zero-order valence-corrected chi connectivity index (χ0v) is 17.8. The number of hydrogen-bond donors (Lipinski definition) is 2. The number of fused-ring (bicyclic) bond motifs is 5. The summed E-state index contributed by atoms with van der Waals surface area (Å²) in [4.78, 5) is 12.6. The van der Waals surface area contributed by atoms with E-state index in [-0.39, 0.29) is 12.0 Å². The molecule has 0 aromatic rings. The largest absolute Gasteiger partial charge is 0.395 e. The van der Waals surface area contributed by atoms with Gasteiger partial charge in [-0.05, 0) is 92.8 Å². The van der Waals surface area contributed by atoms with Gasteiger partial charge in [0.1, 0.15) is 11.4 Å². The molecule has 3 nitrogen and oxygen atoms in total. The first-order valence-corrected chi connectivity index (χ1v) is 11.8. The van der Waals surface area contributed by atoms with Crippen molar-refractivity contribution < 1.29 is 15.0 Å². The minimum atomic E-state index is -0.835. The van der Waals surface area contributed by atoms with Crippen molar-refractivity contribution in [1.29, 1.82) is 0 Å². The zero-order chi connectivity index (χ0) is 19.9. The molecule has 0 aromatic carbocycles. The van der Waals surface area contributed by atoms with E-state index in [9.17, 15) is 9.90 Å². The third kappa shape index (κ3) is 3.35. The maximum Gasteiger partial charge on any atom is 0.136 e. The molecule has 0 heterocycles. The van der Waals surface area contributed by atoms with Crippen LogP contribution in [0.5, 0.6) is 0 Å². The van der Waals surface area contributed by atoms with Gasteiger partial charge >= 0.3 is 0 Å². The van der Waals surface area contributed by atoms with Crippen molar-refractivity contribution in [1.82, 2.24) is 0 Å². The standard InChI is InChI=1S/C25H38O3/c1-3-23(27)22-9-8-21-20-7-6-17-16-25(28,12-4-5-15-26)14-11-18(17)19(20)10-13-24(21,22)2/h17-22,26,28H,3,5-11,13-16H2,1-2H3/t17-,18+,19-,20-,21+,22-,24+,25-/m1/s1. The molecule has 156 valence electrons. The fourth-order valence-electron chi connectivity index (χ4n) is 8.05. The van der Waals surface area contributed by atoms with Crippen LogP contribution in [0.1, 0.15) is 84.5 Å². The Morgan fingerprint density at radius 2 is 1.82 bits per heavy atom. The first-order valence-electron chi connectivity index (χ1n) is 11.8. The van der Waals surface area contributed by atoms with Crippen LogP contribution in [0.4, 0.5) is 0 Å². The van der Waals surface area contributed by atoms with Crippen molar-refractivity contribution in [2.45, 2.75) is 90.1 Å². The minimum Gasteiger partial charge on any atom is -0.395 e. The van der Waals surface area contributed by atoms with Gasteiger partial charge in [0.25, 0.3) is 0 Å². The Kier molecular flexibility index (Phi) is 5.66. The van der Waals surface area contributed by atoms with Crippen LogP contribution in [-0.2, 0) is 4.79 Å². The summed E-state index contributed by atoms with van der Waals surface area (Å²) in [6, 6.07) is 0. The number of aliphatic hydroxyl groups excluding tert-OH is 1. The molecule has 0 radical (unpaired) electrons. The number of hydrogen-bond acceptors (Lipinski definition) is 3. The zero-order valence-electron chi connectivity index (χ0n) is 17.8. The van der Waals surface area contributed by atoms with Crippen molar-refractivity contribution in [2.24, 2.45) is 40.9 Å². The molecule has 0 unspecified atom stereocenters. The van der Waals surface area contributed by atoms with Crippen molar-refractivity contribution in [3.05, 3.63) is 0 Å². The highest BCUT2D eigenvalue weighted by atomic mass is 16.3. The van der Waals surface area contributed by atoms with Crippen molar-refractivity contribution in [3.63, 3.8) is 0 Å². The van der Waals surface area contributed by atoms with Gasteiger partial charge in [-0.15, -0.1) is 0 Å². The fraction of sp³-hybridized carbons (Fsp3) is 0.880. The lowest BCUT2D eigenvalue weighted by Crippen LogP contribution is -2.51. The van der Waals surface area contributed by atoms with E-state index >= 15 is 0 Å². The van der Waals surface area contributed by atoms with Crippen molar-refractivity contribution >= 4 is 5.78 Å². The average Bonchev–Trinajstić information content (AvgIpc) is 3.04. The molecular weight excluding hydrogens is 348 g/mol. The Hall–Kier alpha value is -0.850. The number of Topliss-reactive ketones (excluding diaryl/α,β-unsaturated/α-hetero) is 1. The van der Waals surface area contributed by atoms with E-state index in [2.05, 4.69) is 18.8 Å². The lowest BCUT2D eigenvalue weighted by atomic mass is 9.49. The van der Waals surface area contributed by atoms with Crippen LogP contribution in [0.2, 0.25) is 0 Å². The maximum absolute atomic E-state index is 12.6. The first kappa shape index (κ1) is 20.4. The molecule has 8 atom stereocenters. The Morgan fingerprint density at radius 3 is 2.57 bits per heavy atom. The van der Waals surface area contributed by atoms with Gasteiger partial charge in [0.2, 0.25) is 0 Å². The Labute approximate surface area is 170 Å². The maximum atomic E-state index is 12.6. The molecule has 4 fully saturated rings. The predicted molar refractivity (Wildman–Crippen MR) is 110 cm³/mol.